The first-order valence-electron chi connectivity index (χ1n) is 6.63. The minimum absolute atomic E-state index is 0.257. The van der Waals surface area contributed by atoms with Crippen molar-refractivity contribution in [3.05, 3.63) is 24.3 Å². The van der Waals surface area contributed by atoms with Crippen LogP contribution in [0, 0.1) is 11.3 Å². The van der Waals surface area contributed by atoms with Gasteiger partial charge in [0.25, 0.3) is 0 Å². The van der Waals surface area contributed by atoms with Crippen molar-refractivity contribution in [3.8, 4) is 11.8 Å². The highest BCUT2D eigenvalue weighted by molar-refractivity contribution is 5.51. The van der Waals surface area contributed by atoms with Crippen LogP contribution in [0.3, 0.4) is 0 Å². The fourth-order valence-electron chi connectivity index (χ4n) is 2.91. The molecule has 1 aliphatic heterocycles. The number of benzene rings is 1. The highest BCUT2D eigenvalue weighted by Crippen LogP contribution is 2.27. The Morgan fingerprint density at radius 3 is 2.58 bits per heavy atom. The van der Waals surface area contributed by atoms with E-state index in [1.165, 1.54) is 5.69 Å². The van der Waals surface area contributed by atoms with Gasteiger partial charge in [0.15, 0.2) is 0 Å². The summed E-state index contributed by atoms with van der Waals surface area (Å²) in [5.74, 6) is 0.863. The van der Waals surface area contributed by atoms with Crippen molar-refractivity contribution in [2.24, 2.45) is 0 Å². The Hall–Kier alpha value is -1.73. The van der Waals surface area contributed by atoms with E-state index in [0.717, 1.165) is 18.8 Å². The molecule has 4 heteroatoms. The second kappa shape index (κ2) is 5.94. The van der Waals surface area contributed by atoms with E-state index >= 15 is 0 Å². The highest BCUT2D eigenvalue weighted by atomic mass is 16.5. The van der Waals surface area contributed by atoms with Crippen LogP contribution in [-0.4, -0.2) is 44.2 Å². The number of ether oxygens (including phenoxy) is 1. The third-order valence-corrected chi connectivity index (χ3v) is 3.66. The molecule has 1 aliphatic rings. The summed E-state index contributed by atoms with van der Waals surface area (Å²) in [5.41, 5.74) is 1.17. The van der Waals surface area contributed by atoms with Gasteiger partial charge >= 0.3 is 0 Å². The summed E-state index contributed by atoms with van der Waals surface area (Å²) >= 11 is 0. The lowest BCUT2D eigenvalue weighted by atomic mass is 10.0. The molecular weight excluding hydrogens is 238 g/mol. The summed E-state index contributed by atoms with van der Waals surface area (Å²) < 4.78 is 5.20. The third kappa shape index (κ3) is 2.99. The molecule has 0 radical (unpaired) electrons. The van der Waals surface area contributed by atoms with Gasteiger partial charge in [0, 0.05) is 24.8 Å². The molecule has 4 nitrogen and oxygen atoms in total. The van der Waals surface area contributed by atoms with Crippen LogP contribution in [0.5, 0.6) is 5.75 Å². The second-order valence-corrected chi connectivity index (χ2v) is 5.19. The lowest BCUT2D eigenvalue weighted by molar-refractivity contribution is 0.233. The predicted molar refractivity (Wildman–Crippen MR) is 76.5 cm³/mol. The maximum Gasteiger partial charge on any atom is 0.119 e. The molecule has 0 aromatic heterocycles. The van der Waals surface area contributed by atoms with Gasteiger partial charge in [-0.25, -0.2) is 0 Å². The Bertz CT molecular complexity index is 451. The van der Waals surface area contributed by atoms with Crippen LogP contribution >= 0.6 is 0 Å². The van der Waals surface area contributed by atoms with Crippen molar-refractivity contribution in [1.82, 2.24) is 4.90 Å². The average Bonchev–Trinajstić information content (AvgIpc) is 2.39. The number of nitrogens with zero attached hydrogens (tertiary/aromatic N) is 3. The summed E-state index contributed by atoms with van der Waals surface area (Å²) in [6.07, 6.45) is 0.556. The summed E-state index contributed by atoms with van der Waals surface area (Å²) in [5, 5.41) is 9.02. The molecule has 0 aliphatic carbocycles. The van der Waals surface area contributed by atoms with Gasteiger partial charge in [0.05, 0.1) is 25.6 Å². The van der Waals surface area contributed by atoms with E-state index in [9.17, 15) is 0 Å². The van der Waals surface area contributed by atoms with E-state index in [1.807, 2.05) is 12.1 Å². The molecule has 19 heavy (non-hydrogen) atoms. The molecule has 0 spiro atoms. The minimum atomic E-state index is 0.257. The number of hydrogen-bond donors (Lipinski definition) is 0. The molecule has 2 rings (SSSR count). The second-order valence-electron chi connectivity index (χ2n) is 5.19. The van der Waals surface area contributed by atoms with Gasteiger partial charge < -0.3 is 14.5 Å². The number of nitriles is 1. The first-order valence-corrected chi connectivity index (χ1v) is 6.63. The third-order valence-electron chi connectivity index (χ3n) is 3.66. The summed E-state index contributed by atoms with van der Waals surface area (Å²) in [7, 11) is 3.79. The van der Waals surface area contributed by atoms with E-state index in [2.05, 4.69) is 42.0 Å². The number of methoxy groups -OCH3 is 1. The van der Waals surface area contributed by atoms with E-state index in [1.54, 1.807) is 7.11 Å². The Labute approximate surface area is 115 Å². The number of piperazine rings is 1. The van der Waals surface area contributed by atoms with Crippen molar-refractivity contribution < 1.29 is 4.74 Å². The molecule has 1 saturated heterocycles. The minimum Gasteiger partial charge on any atom is -0.497 e. The van der Waals surface area contributed by atoms with Gasteiger partial charge in [-0.15, -0.1) is 0 Å². The van der Waals surface area contributed by atoms with Crippen molar-refractivity contribution in [2.45, 2.75) is 25.4 Å². The fraction of sp³-hybridized carbons (Fsp3) is 0.533. The SMILES string of the molecule is COc1ccc(N2C(C)CN(C)CC2CC#N)cc1. The molecule has 0 saturated carbocycles. The quantitative estimate of drug-likeness (QED) is 0.833. The summed E-state index contributed by atoms with van der Waals surface area (Å²) in [4.78, 5) is 4.66. The molecule has 0 N–H and O–H groups in total. The molecule has 1 fully saturated rings. The first-order chi connectivity index (χ1) is 9.15. The van der Waals surface area contributed by atoms with E-state index in [-0.39, 0.29) is 6.04 Å². The average molecular weight is 259 g/mol. The van der Waals surface area contributed by atoms with Crippen LogP contribution in [0.15, 0.2) is 24.3 Å². The van der Waals surface area contributed by atoms with E-state index in [4.69, 9.17) is 10.00 Å². The van der Waals surface area contributed by atoms with E-state index < -0.39 is 0 Å². The van der Waals surface area contributed by atoms with Crippen molar-refractivity contribution >= 4 is 5.69 Å². The number of anilines is 1. The normalized spacial score (nSPS) is 24.0. The highest BCUT2D eigenvalue weighted by Gasteiger charge is 2.30. The van der Waals surface area contributed by atoms with Crippen LogP contribution in [0.4, 0.5) is 5.69 Å². The lowest BCUT2D eigenvalue weighted by Gasteiger charge is -2.45. The smallest absolute Gasteiger partial charge is 0.119 e. The van der Waals surface area contributed by atoms with Gasteiger partial charge in [-0.1, -0.05) is 0 Å². The van der Waals surface area contributed by atoms with Gasteiger partial charge in [0.1, 0.15) is 5.75 Å². The van der Waals surface area contributed by atoms with E-state index in [0.29, 0.717) is 12.5 Å². The van der Waals surface area contributed by atoms with Crippen LogP contribution in [0.2, 0.25) is 0 Å². The number of hydrogen-bond acceptors (Lipinski definition) is 4. The number of rotatable bonds is 3. The molecule has 1 aromatic carbocycles. The monoisotopic (exact) mass is 259 g/mol. The Kier molecular flexibility index (Phi) is 4.28. The Morgan fingerprint density at radius 2 is 2.00 bits per heavy atom. The standard InChI is InChI=1S/C15H21N3O/c1-12-10-17(2)11-14(8-9-16)18(12)13-4-6-15(19-3)7-5-13/h4-7,12,14H,8,10-11H2,1-3H3. The lowest BCUT2D eigenvalue weighted by Crippen LogP contribution is -2.56. The molecule has 0 amide bonds. The van der Waals surface area contributed by atoms with Gasteiger partial charge in [-0.05, 0) is 38.2 Å². The topological polar surface area (TPSA) is 39.5 Å². The van der Waals surface area contributed by atoms with Gasteiger partial charge in [0.2, 0.25) is 0 Å². The van der Waals surface area contributed by atoms with Crippen LogP contribution in [0.25, 0.3) is 0 Å². The number of likely N-dealkylation sites (N-methyl/N-ethyl adjacent to an activating group) is 1. The zero-order valence-electron chi connectivity index (χ0n) is 11.8. The van der Waals surface area contributed by atoms with Gasteiger partial charge in [-0.3, -0.25) is 0 Å². The zero-order valence-corrected chi connectivity index (χ0v) is 11.8. The van der Waals surface area contributed by atoms with Crippen LogP contribution in [0.1, 0.15) is 13.3 Å². The summed E-state index contributed by atoms with van der Waals surface area (Å²) in [6.45, 7) is 4.17. The molecular formula is C15H21N3O. The van der Waals surface area contributed by atoms with Crippen molar-refractivity contribution in [3.63, 3.8) is 0 Å². The van der Waals surface area contributed by atoms with Crippen LogP contribution in [-0.2, 0) is 0 Å². The predicted octanol–water partition coefficient (Wildman–Crippen LogP) is 2.12. The zero-order chi connectivity index (χ0) is 13.8. The van der Waals surface area contributed by atoms with Gasteiger partial charge in [-0.2, -0.15) is 5.26 Å². The Morgan fingerprint density at radius 1 is 1.32 bits per heavy atom. The largest absolute Gasteiger partial charge is 0.497 e. The first kappa shape index (κ1) is 13.7. The molecule has 1 aromatic rings. The van der Waals surface area contributed by atoms with Crippen molar-refractivity contribution in [2.75, 3.05) is 32.1 Å². The molecule has 2 unspecified atom stereocenters. The fourth-order valence-corrected chi connectivity index (χ4v) is 2.91. The molecule has 0 bridgehead atoms. The maximum atomic E-state index is 9.02. The Balaban J connectivity index is 2.24. The molecule has 102 valence electrons. The molecule has 1 heterocycles. The summed E-state index contributed by atoms with van der Waals surface area (Å²) in [6, 6.07) is 11.1. The van der Waals surface area contributed by atoms with Crippen LogP contribution < -0.4 is 9.64 Å². The maximum absolute atomic E-state index is 9.02. The molecule has 2 atom stereocenters. The van der Waals surface area contributed by atoms with Crippen molar-refractivity contribution in [1.29, 1.82) is 5.26 Å².